The molecule has 2 N–H and O–H groups in total. The first-order valence-electron chi connectivity index (χ1n) is 10.1. The van der Waals surface area contributed by atoms with Gasteiger partial charge in [-0.25, -0.2) is 0 Å². The molecule has 0 bridgehead atoms. The molecular formula is C21H33NO3. The molecule has 1 amide bonds. The molecule has 4 rings (SSSR count). The normalized spacial score (nSPS) is 51.9. The number of carbonyl (C=O) groups excluding carboxylic acids is 1. The second-order valence-electron chi connectivity index (χ2n) is 9.64. The van der Waals surface area contributed by atoms with Crippen LogP contribution in [0, 0.1) is 34.5 Å². The molecule has 0 radical (unpaired) electrons. The van der Waals surface area contributed by atoms with Gasteiger partial charge in [-0.1, -0.05) is 26.3 Å². The highest BCUT2D eigenvalue weighted by Crippen LogP contribution is 2.65. The smallest absolute Gasteiger partial charge is 0.246 e. The Labute approximate surface area is 151 Å². The lowest BCUT2D eigenvalue weighted by Crippen LogP contribution is -2.67. The van der Waals surface area contributed by atoms with E-state index >= 15 is 0 Å². The van der Waals surface area contributed by atoms with Crippen molar-refractivity contribution in [1.29, 1.82) is 0 Å². The van der Waals surface area contributed by atoms with Gasteiger partial charge in [-0.05, 0) is 61.3 Å². The zero-order chi connectivity index (χ0) is 18.0. The minimum atomic E-state index is -0.417. The van der Waals surface area contributed by atoms with Crippen LogP contribution in [-0.4, -0.2) is 46.8 Å². The van der Waals surface area contributed by atoms with Crippen molar-refractivity contribution in [3.63, 3.8) is 0 Å². The monoisotopic (exact) mass is 347 g/mol. The van der Waals surface area contributed by atoms with Crippen LogP contribution < -0.4 is 0 Å². The van der Waals surface area contributed by atoms with E-state index in [-0.39, 0.29) is 29.9 Å². The molecule has 4 heteroatoms. The van der Waals surface area contributed by atoms with E-state index in [2.05, 4.69) is 19.9 Å². The van der Waals surface area contributed by atoms with Gasteiger partial charge in [0, 0.05) is 31.0 Å². The molecule has 0 saturated heterocycles. The van der Waals surface area contributed by atoms with Gasteiger partial charge in [-0.3, -0.25) is 4.79 Å². The van der Waals surface area contributed by atoms with Gasteiger partial charge in [0.15, 0.2) is 0 Å². The molecule has 3 unspecified atom stereocenters. The van der Waals surface area contributed by atoms with E-state index in [1.54, 1.807) is 6.08 Å². The van der Waals surface area contributed by atoms with Gasteiger partial charge in [0.05, 0.1) is 6.10 Å². The number of hydrogen-bond acceptors (Lipinski definition) is 3. The second-order valence-corrected chi connectivity index (χ2v) is 9.64. The predicted molar refractivity (Wildman–Crippen MR) is 96.7 cm³/mol. The van der Waals surface area contributed by atoms with Crippen LogP contribution in [0.2, 0.25) is 0 Å². The number of hydrogen-bond donors (Lipinski definition) is 2. The molecule has 0 spiro atoms. The molecule has 140 valence electrons. The maximum atomic E-state index is 12.3. The number of carbonyl (C=O) groups is 1. The molecule has 25 heavy (non-hydrogen) atoms. The van der Waals surface area contributed by atoms with Crippen molar-refractivity contribution in [2.75, 3.05) is 13.7 Å². The summed E-state index contributed by atoms with van der Waals surface area (Å²) in [6.07, 6.45) is 10.2. The van der Waals surface area contributed by atoms with E-state index in [0.717, 1.165) is 6.42 Å². The fourth-order valence-corrected chi connectivity index (χ4v) is 7.45. The first-order chi connectivity index (χ1) is 11.8. The molecular weight excluding hydrogens is 314 g/mol. The Bertz CT molecular complexity index is 590. The Morgan fingerprint density at radius 1 is 1.24 bits per heavy atom. The van der Waals surface area contributed by atoms with E-state index in [1.807, 2.05) is 11.9 Å². The SMILES string of the molecule is CN1C(=O)C=C[C@@]2(C)C1C(CCO)C(O)[C@@H]1[C@H]2CC[C@]2(C)CCC[C@@H]12. The largest absolute Gasteiger partial charge is 0.396 e. The van der Waals surface area contributed by atoms with Gasteiger partial charge in [0.1, 0.15) is 0 Å². The topological polar surface area (TPSA) is 60.8 Å². The van der Waals surface area contributed by atoms with Crippen LogP contribution in [-0.2, 0) is 4.79 Å². The lowest BCUT2D eigenvalue weighted by molar-refractivity contribution is -0.178. The Morgan fingerprint density at radius 3 is 2.72 bits per heavy atom. The van der Waals surface area contributed by atoms with Gasteiger partial charge < -0.3 is 15.1 Å². The third-order valence-corrected chi connectivity index (χ3v) is 8.60. The molecule has 1 heterocycles. The number of rotatable bonds is 2. The fraction of sp³-hybridized carbons (Fsp3) is 0.857. The summed E-state index contributed by atoms with van der Waals surface area (Å²) in [5.41, 5.74) is 0.269. The first-order valence-corrected chi connectivity index (χ1v) is 10.1. The summed E-state index contributed by atoms with van der Waals surface area (Å²) in [7, 11) is 1.87. The number of aliphatic hydroxyl groups is 2. The van der Waals surface area contributed by atoms with Crippen molar-refractivity contribution >= 4 is 5.91 Å². The van der Waals surface area contributed by atoms with E-state index in [9.17, 15) is 15.0 Å². The van der Waals surface area contributed by atoms with E-state index in [1.165, 1.54) is 25.7 Å². The van der Waals surface area contributed by atoms with Crippen molar-refractivity contribution in [3.8, 4) is 0 Å². The molecule has 3 fully saturated rings. The van der Waals surface area contributed by atoms with Crippen molar-refractivity contribution in [2.24, 2.45) is 34.5 Å². The van der Waals surface area contributed by atoms with Gasteiger partial charge in [0.25, 0.3) is 0 Å². The summed E-state index contributed by atoms with van der Waals surface area (Å²) in [5, 5.41) is 21.1. The van der Waals surface area contributed by atoms with E-state index in [4.69, 9.17) is 0 Å². The van der Waals surface area contributed by atoms with Crippen LogP contribution in [0.1, 0.15) is 52.4 Å². The zero-order valence-electron chi connectivity index (χ0n) is 15.8. The molecule has 0 aromatic carbocycles. The summed E-state index contributed by atoms with van der Waals surface area (Å²) in [6.45, 7) is 4.79. The Balaban J connectivity index is 1.80. The van der Waals surface area contributed by atoms with Crippen molar-refractivity contribution in [1.82, 2.24) is 4.90 Å². The lowest BCUT2D eigenvalue weighted by Gasteiger charge is -2.63. The summed E-state index contributed by atoms with van der Waals surface area (Å²) >= 11 is 0. The molecule has 4 aliphatic rings. The second kappa shape index (κ2) is 5.82. The van der Waals surface area contributed by atoms with Gasteiger partial charge in [-0.2, -0.15) is 0 Å². The number of nitrogens with zero attached hydrogens (tertiary/aromatic N) is 1. The summed E-state index contributed by atoms with van der Waals surface area (Å²) in [5.74, 6) is 1.28. The maximum Gasteiger partial charge on any atom is 0.246 e. The highest BCUT2D eigenvalue weighted by Gasteiger charge is 2.63. The molecule has 3 aliphatic carbocycles. The van der Waals surface area contributed by atoms with Crippen molar-refractivity contribution < 1.29 is 15.0 Å². The van der Waals surface area contributed by atoms with Crippen molar-refractivity contribution in [3.05, 3.63) is 12.2 Å². The fourth-order valence-electron chi connectivity index (χ4n) is 7.45. The lowest BCUT2D eigenvalue weighted by atomic mass is 9.45. The number of aliphatic hydroxyl groups excluding tert-OH is 2. The van der Waals surface area contributed by atoms with Crippen LogP contribution in [0.3, 0.4) is 0 Å². The Kier molecular flexibility index (Phi) is 4.08. The van der Waals surface area contributed by atoms with Crippen LogP contribution in [0.15, 0.2) is 12.2 Å². The zero-order valence-corrected chi connectivity index (χ0v) is 15.8. The van der Waals surface area contributed by atoms with E-state index in [0.29, 0.717) is 29.6 Å². The van der Waals surface area contributed by atoms with Crippen LogP contribution in [0.4, 0.5) is 0 Å². The minimum absolute atomic E-state index is 0.0147. The van der Waals surface area contributed by atoms with Gasteiger partial charge in [0.2, 0.25) is 5.91 Å². The molecule has 3 saturated carbocycles. The van der Waals surface area contributed by atoms with E-state index < -0.39 is 6.10 Å². The molecule has 0 aromatic rings. The number of likely N-dealkylation sites (N-methyl/N-ethyl adjacent to an activating group) is 1. The highest BCUT2D eigenvalue weighted by molar-refractivity contribution is 5.89. The third-order valence-electron chi connectivity index (χ3n) is 8.60. The van der Waals surface area contributed by atoms with Gasteiger partial charge >= 0.3 is 0 Å². The van der Waals surface area contributed by atoms with Crippen molar-refractivity contribution in [2.45, 2.75) is 64.5 Å². The molecule has 4 nitrogen and oxygen atoms in total. The number of amides is 1. The Hall–Kier alpha value is -0.870. The predicted octanol–water partition coefficient (Wildman–Crippen LogP) is 2.60. The summed E-state index contributed by atoms with van der Waals surface area (Å²) in [4.78, 5) is 14.2. The van der Waals surface area contributed by atoms with Crippen LogP contribution in [0.5, 0.6) is 0 Å². The quantitative estimate of drug-likeness (QED) is 0.807. The Morgan fingerprint density at radius 2 is 2.00 bits per heavy atom. The summed E-state index contributed by atoms with van der Waals surface area (Å²) < 4.78 is 0. The van der Waals surface area contributed by atoms with Crippen LogP contribution in [0.25, 0.3) is 0 Å². The first kappa shape index (κ1) is 17.5. The molecule has 1 aliphatic heterocycles. The molecule has 8 atom stereocenters. The average Bonchev–Trinajstić information content (AvgIpc) is 2.97. The number of fused-ring (bicyclic) bond motifs is 5. The van der Waals surface area contributed by atoms with Gasteiger partial charge in [-0.15, -0.1) is 0 Å². The van der Waals surface area contributed by atoms with Crippen LogP contribution >= 0.6 is 0 Å². The molecule has 0 aromatic heterocycles. The average molecular weight is 347 g/mol. The minimum Gasteiger partial charge on any atom is -0.396 e. The maximum absolute atomic E-state index is 12.3. The summed E-state index contributed by atoms with van der Waals surface area (Å²) in [6, 6.07) is -0.0147. The third kappa shape index (κ3) is 2.29. The standard InChI is InChI=1S/C21H33NO3/c1-20-9-4-5-14(20)17-15(6-10-20)21(2)11-7-16(24)22(3)19(21)13(8-12-23)18(17)25/h7,11,13-15,17-19,23,25H,4-6,8-10,12H2,1-3H3/t13?,14-,15+,17-,18?,19?,20-,21+/m0/s1. The highest BCUT2D eigenvalue weighted by atomic mass is 16.3.